The van der Waals surface area contributed by atoms with Crippen molar-refractivity contribution in [3.63, 3.8) is 0 Å². The van der Waals surface area contributed by atoms with Crippen LogP contribution in [0.3, 0.4) is 0 Å². The van der Waals surface area contributed by atoms with E-state index in [9.17, 15) is 18.8 Å². The number of ether oxygens (including phenoxy) is 1. The number of esters is 1. The van der Waals surface area contributed by atoms with Gasteiger partial charge in [0, 0.05) is 5.56 Å². The third-order valence-corrected chi connectivity index (χ3v) is 6.35. The highest BCUT2D eigenvalue weighted by molar-refractivity contribution is 6.31. The molecule has 0 radical (unpaired) electrons. The maximum atomic E-state index is 13.1. The molecule has 1 spiro atoms. The van der Waals surface area contributed by atoms with Crippen molar-refractivity contribution in [2.24, 2.45) is 11.3 Å². The molecule has 0 bridgehead atoms. The fraction of sp³-hybridized carbons (Fsp3) is 0.571. The Labute approximate surface area is 174 Å². The van der Waals surface area contributed by atoms with Crippen molar-refractivity contribution in [3.05, 3.63) is 34.6 Å². The fourth-order valence-corrected chi connectivity index (χ4v) is 4.33. The van der Waals surface area contributed by atoms with Gasteiger partial charge in [-0.3, -0.25) is 14.5 Å². The lowest BCUT2D eigenvalue weighted by molar-refractivity contribution is -0.149. The number of rotatable bonds is 4. The molecule has 0 aromatic heterocycles. The number of halogens is 2. The smallest absolute Gasteiger partial charge is 0.326 e. The van der Waals surface area contributed by atoms with Gasteiger partial charge < -0.3 is 10.1 Å². The minimum atomic E-state index is -0.917. The molecule has 1 saturated heterocycles. The van der Waals surface area contributed by atoms with E-state index in [2.05, 4.69) is 26.1 Å². The summed E-state index contributed by atoms with van der Waals surface area (Å²) in [6.07, 6.45) is 2.82. The highest BCUT2D eigenvalue weighted by Crippen LogP contribution is 2.43. The molecule has 1 heterocycles. The Kier molecular flexibility index (Phi) is 5.90. The number of benzene rings is 1. The average Bonchev–Trinajstić information content (AvgIpc) is 2.85. The van der Waals surface area contributed by atoms with Gasteiger partial charge in [-0.15, -0.1) is 0 Å². The summed E-state index contributed by atoms with van der Waals surface area (Å²) in [6, 6.07) is 3.19. The van der Waals surface area contributed by atoms with Gasteiger partial charge in [0.2, 0.25) is 0 Å². The Morgan fingerprint density at radius 1 is 1.31 bits per heavy atom. The van der Waals surface area contributed by atoms with E-state index in [0.717, 1.165) is 23.8 Å². The average molecular weight is 425 g/mol. The quantitative estimate of drug-likeness (QED) is 0.584. The summed E-state index contributed by atoms with van der Waals surface area (Å²) in [6.45, 7) is 5.91. The van der Waals surface area contributed by atoms with Crippen molar-refractivity contribution < 1.29 is 23.5 Å². The minimum absolute atomic E-state index is 0.141. The zero-order chi connectivity index (χ0) is 21.4. The second-order valence-electron chi connectivity index (χ2n) is 8.94. The van der Waals surface area contributed by atoms with E-state index >= 15 is 0 Å². The van der Waals surface area contributed by atoms with Crippen molar-refractivity contribution in [3.8, 4) is 0 Å². The zero-order valence-electron chi connectivity index (χ0n) is 16.9. The molecule has 2 aliphatic rings. The summed E-state index contributed by atoms with van der Waals surface area (Å²) in [7, 11) is 0. The zero-order valence-corrected chi connectivity index (χ0v) is 17.6. The molecule has 1 aliphatic heterocycles. The van der Waals surface area contributed by atoms with E-state index in [1.807, 2.05) is 0 Å². The Morgan fingerprint density at radius 2 is 1.97 bits per heavy atom. The summed E-state index contributed by atoms with van der Waals surface area (Å²) in [5, 5.41) is 2.94. The number of nitrogens with one attached hydrogen (secondary N) is 1. The van der Waals surface area contributed by atoms with Crippen LogP contribution in [0.4, 0.5) is 9.18 Å². The SMILES string of the molecule is CC(C)(C)C1CCC2(CC1)NC(=O)N(CC(=O)OCc1ccc(F)cc1Cl)C2=O. The number of imide groups is 1. The van der Waals surface area contributed by atoms with Gasteiger partial charge in [0.15, 0.2) is 0 Å². The molecule has 1 saturated carbocycles. The van der Waals surface area contributed by atoms with Crippen molar-refractivity contribution >= 4 is 29.5 Å². The summed E-state index contributed by atoms with van der Waals surface area (Å²) in [4.78, 5) is 38.4. The van der Waals surface area contributed by atoms with E-state index in [1.54, 1.807) is 0 Å². The van der Waals surface area contributed by atoms with Crippen LogP contribution in [0.1, 0.15) is 52.0 Å². The van der Waals surface area contributed by atoms with Gasteiger partial charge in [-0.05, 0) is 49.1 Å². The highest BCUT2D eigenvalue weighted by atomic mass is 35.5. The third kappa shape index (κ3) is 4.55. The second kappa shape index (κ2) is 7.94. The summed E-state index contributed by atoms with van der Waals surface area (Å²) in [5.74, 6) is -1.10. The molecule has 29 heavy (non-hydrogen) atoms. The lowest BCUT2D eigenvalue weighted by atomic mass is 9.67. The van der Waals surface area contributed by atoms with E-state index < -0.39 is 29.9 Å². The van der Waals surface area contributed by atoms with Crippen molar-refractivity contribution in [2.45, 2.75) is 58.6 Å². The standard InChI is InChI=1S/C21H26ClFN2O4/c1-20(2,3)14-6-8-21(9-7-14)18(27)25(19(28)24-21)11-17(26)29-12-13-4-5-15(23)10-16(13)22/h4-5,10,14H,6-9,11-12H2,1-3H3,(H,24,28). The molecular weight excluding hydrogens is 399 g/mol. The van der Waals surface area contributed by atoms with Crippen LogP contribution in [-0.2, 0) is 20.9 Å². The predicted octanol–water partition coefficient (Wildman–Crippen LogP) is 4.05. The fourth-order valence-electron chi connectivity index (χ4n) is 4.11. The Morgan fingerprint density at radius 3 is 2.55 bits per heavy atom. The Bertz CT molecular complexity index is 828. The van der Waals surface area contributed by atoms with Crippen molar-refractivity contribution in [1.29, 1.82) is 0 Å². The van der Waals surface area contributed by atoms with Crippen LogP contribution >= 0.6 is 11.6 Å². The van der Waals surface area contributed by atoms with E-state index in [-0.39, 0.29) is 23.0 Å². The highest BCUT2D eigenvalue weighted by Gasteiger charge is 2.53. The van der Waals surface area contributed by atoms with Gasteiger partial charge in [-0.1, -0.05) is 38.4 Å². The molecule has 1 N–H and O–H groups in total. The summed E-state index contributed by atoms with van der Waals surface area (Å²) >= 11 is 5.91. The van der Waals surface area contributed by atoms with Gasteiger partial charge in [0.25, 0.3) is 5.91 Å². The van der Waals surface area contributed by atoms with Crippen LogP contribution in [0, 0.1) is 17.2 Å². The number of nitrogens with zero attached hydrogens (tertiary/aromatic N) is 1. The van der Waals surface area contributed by atoms with Crippen LogP contribution in [0.2, 0.25) is 5.02 Å². The topological polar surface area (TPSA) is 75.7 Å². The monoisotopic (exact) mass is 424 g/mol. The number of carbonyl (C=O) groups is 3. The molecule has 1 aromatic carbocycles. The van der Waals surface area contributed by atoms with Gasteiger partial charge in [-0.2, -0.15) is 0 Å². The Balaban J connectivity index is 1.58. The first kappa shape index (κ1) is 21.6. The predicted molar refractivity (Wildman–Crippen MR) is 106 cm³/mol. The molecule has 0 unspecified atom stereocenters. The first-order valence-electron chi connectivity index (χ1n) is 9.75. The number of hydrogen-bond acceptors (Lipinski definition) is 4. The molecular formula is C21H26ClFN2O4. The molecule has 3 amide bonds. The van der Waals surface area contributed by atoms with Crippen LogP contribution in [0.25, 0.3) is 0 Å². The summed E-state index contributed by atoms with van der Waals surface area (Å²) < 4.78 is 18.2. The van der Waals surface area contributed by atoms with Crippen LogP contribution in [0.15, 0.2) is 18.2 Å². The van der Waals surface area contributed by atoms with Gasteiger partial charge in [0.1, 0.15) is 24.5 Å². The van der Waals surface area contributed by atoms with E-state index in [4.69, 9.17) is 16.3 Å². The van der Waals surface area contributed by atoms with Crippen LogP contribution in [0.5, 0.6) is 0 Å². The largest absolute Gasteiger partial charge is 0.459 e. The normalized spacial score (nSPS) is 24.7. The molecule has 0 atom stereocenters. The number of carbonyl (C=O) groups excluding carboxylic acids is 3. The minimum Gasteiger partial charge on any atom is -0.459 e. The van der Waals surface area contributed by atoms with Crippen LogP contribution in [-0.4, -0.2) is 34.9 Å². The molecule has 2 fully saturated rings. The molecule has 158 valence electrons. The second-order valence-corrected chi connectivity index (χ2v) is 9.35. The molecule has 1 aliphatic carbocycles. The van der Waals surface area contributed by atoms with Crippen molar-refractivity contribution in [1.82, 2.24) is 10.2 Å². The lowest BCUT2D eigenvalue weighted by Gasteiger charge is -2.40. The van der Waals surface area contributed by atoms with Crippen LogP contribution < -0.4 is 5.32 Å². The van der Waals surface area contributed by atoms with Gasteiger partial charge >= 0.3 is 12.0 Å². The maximum Gasteiger partial charge on any atom is 0.326 e. The molecule has 1 aromatic rings. The van der Waals surface area contributed by atoms with Gasteiger partial charge in [-0.25, -0.2) is 9.18 Å². The first-order chi connectivity index (χ1) is 13.5. The number of hydrogen-bond donors (Lipinski definition) is 1. The Hall–Kier alpha value is -2.15. The first-order valence-corrected chi connectivity index (χ1v) is 10.1. The maximum absolute atomic E-state index is 13.1. The molecule has 8 heteroatoms. The third-order valence-electron chi connectivity index (χ3n) is 6.00. The molecule has 3 rings (SSSR count). The molecule has 6 nitrogen and oxygen atoms in total. The van der Waals surface area contributed by atoms with E-state index in [0.29, 0.717) is 24.3 Å². The number of urea groups is 1. The lowest BCUT2D eigenvalue weighted by Crippen LogP contribution is -2.50. The van der Waals surface area contributed by atoms with E-state index in [1.165, 1.54) is 12.1 Å². The van der Waals surface area contributed by atoms with Gasteiger partial charge in [0.05, 0.1) is 5.02 Å². The number of amides is 3. The summed E-state index contributed by atoms with van der Waals surface area (Å²) in [5.41, 5.74) is -0.326. The van der Waals surface area contributed by atoms with Crippen molar-refractivity contribution in [2.75, 3.05) is 6.54 Å².